The third-order valence-corrected chi connectivity index (χ3v) is 3.30. The molecule has 1 aliphatic heterocycles. The van der Waals surface area contributed by atoms with E-state index >= 15 is 0 Å². The van der Waals surface area contributed by atoms with Crippen molar-refractivity contribution >= 4 is 6.29 Å². The van der Waals surface area contributed by atoms with E-state index in [4.69, 9.17) is 0 Å². The molecule has 2 rings (SSSR count). The fourth-order valence-corrected chi connectivity index (χ4v) is 2.35. The average Bonchev–Trinajstić information content (AvgIpc) is 2.71. The van der Waals surface area contributed by atoms with E-state index in [1.807, 2.05) is 18.7 Å². The third-order valence-electron chi connectivity index (χ3n) is 3.30. The molecule has 1 aromatic rings. The zero-order chi connectivity index (χ0) is 11.2. The second kappa shape index (κ2) is 5.80. The van der Waals surface area contributed by atoms with Crippen LogP contribution in [0.4, 0.5) is 0 Å². The minimum atomic E-state index is 0.0651. The molecule has 0 aromatic carbocycles. The summed E-state index contributed by atoms with van der Waals surface area (Å²) in [5.41, 5.74) is 0. The summed E-state index contributed by atoms with van der Waals surface area (Å²) in [6.07, 6.45) is 11.2. The van der Waals surface area contributed by atoms with Crippen LogP contribution in [-0.4, -0.2) is 28.4 Å². The first-order chi connectivity index (χ1) is 7.88. The van der Waals surface area contributed by atoms with Crippen molar-refractivity contribution in [3.05, 3.63) is 18.7 Å². The van der Waals surface area contributed by atoms with Crippen LogP contribution in [0.2, 0.25) is 0 Å². The van der Waals surface area contributed by atoms with Crippen molar-refractivity contribution in [2.75, 3.05) is 6.54 Å². The van der Waals surface area contributed by atoms with Crippen LogP contribution in [-0.2, 0) is 11.3 Å². The van der Waals surface area contributed by atoms with Gasteiger partial charge in [-0.15, -0.1) is 0 Å². The monoisotopic (exact) mass is 221 g/mol. The van der Waals surface area contributed by atoms with E-state index in [1.54, 1.807) is 0 Å². The molecule has 1 aromatic heterocycles. The molecule has 2 atom stereocenters. The molecule has 0 spiro atoms. The summed E-state index contributed by atoms with van der Waals surface area (Å²) in [5, 5.41) is 3.27. The van der Waals surface area contributed by atoms with E-state index < -0.39 is 0 Å². The molecule has 4 heteroatoms. The van der Waals surface area contributed by atoms with E-state index in [0.29, 0.717) is 5.92 Å². The summed E-state index contributed by atoms with van der Waals surface area (Å²) in [6, 6.07) is 0.0651. The van der Waals surface area contributed by atoms with Gasteiger partial charge in [-0.05, 0) is 38.1 Å². The number of nitrogens with zero attached hydrogens (tertiary/aromatic N) is 2. The summed E-state index contributed by atoms with van der Waals surface area (Å²) >= 11 is 0. The predicted octanol–water partition coefficient (Wildman–Crippen LogP) is 1.23. The highest BCUT2D eigenvalue weighted by Gasteiger charge is 2.18. The lowest BCUT2D eigenvalue weighted by Gasteiger charge is -2.16. The number of aldehydes is 1. The highest BCUT2D eigenvalue weighted by Crippen LogP contribution is 2.20. The smallest absolute Gasteiger partial charge is 0.136 e. The van der Waals surface area contributed by atoms with Crippen LogP contribution in [0.25, 0.3) is 0 Å². The number of aryl methyl sites for hydroxylation is 1. The minimum absolute atomic E-state index is 0.0651. The van der Waals surface area contributed by atoms with Crippen molar-refractivity contribution in [2.24, 2.45) is 5.92 Å². The maximum absolute atomic E-state index is 10.8. The van der Waals surface area contributed by atoms with Gasteiger partial charge in [0.15, 0.2) is 0 Å². The topological polar surface area (TPSA) is 46.9 Å². The maximum atomic E-state index is 10.8. The molecule has 0 bridgehead atoms. The first kappa shape index (κ1) is 11.3. The molecule has 16 heavy (non-hydrogen) atoms. The van der Waals surface area contributed by atoms with Crippen LogP contribution in [0.5, 0.6) is 0 Å². The van der Waals surface area contributed by atoms with Crippen LogP contribution in [0, 0.1) is 5.92 Å². The van der Waals surface area contributed by atoms with Gasteiger partial charge in [0.1, 0.15) is 6.29 Å². The van der Waals surface area contributed by atoms with Crippen molar-refractivity contribution in [3.8, 4) is 0 Å². The first-order valence-corrected chi connectivity index (χ1v) is 6.03. The van der Waals surface area contributed by atoms with Gasteiger partial charge >= 0.3 is 0 Å². The fraction of sp³-hybridized carbons (Fsp3) is 0.667. The molecule has 1 fully saturated rings. The number of nitrogens with one attached hydrogen (secondary N) is 1. The zero-order valence-corrected chi connectivity index (χ0v) is 9.51. The van der Waals surface area contributed by atoms with Crippen molar-refractivity contribution < 1.29 is 4.79 Å². The molecule has 1 N–H and O–H groups in total. The van der Waals surface area contributed by atoms with Gasteiger partial charge < -0.3 is 14.7 Å². The number of rotatable bonds is 4. The summed E-state index contributed by atoms with van der Waals surface area (Å²) in [4.78, 5) is 14.8. The number of carbonyl (C=O) groups is 1. The lowest BCUT2D eigenvalue weighted by atomic mass is 9.94. The number of aromatic nitrogens is 2. The summed E-state index contributed by atoms with van der Waals surface area (Å²) in [5.74, 6) is 0.660. The molecule has 1 saturated heterocycles. The second-order valence-electron chi connectivity index (χ2n) is 4.53. The van der Waals surface area contributed by atoms with Crippen LogP contribution >= 0.6 is 0 Å². The average molecular weight is 221 g/mol. The largest absolute Gasteiger partial charge is 0.337 e. The van der Waals surface area contributed by atoms with Crippen molar-refractivity contribution in [1.82, 2.24) is 14.9 Å². The van der Waals surface area contributed by atoms with E-state index in [-0.39, 0.29) is 6.04 Å². The Bertz CT molecular complexity index is 310. The molecule has 0 aliphatic carbocycles. The Balaban J connectivity index is 1.81. The Labute approximate surface area is 96.1 Å². The molecule has 1 aliphatic rings. The molecule has 88 valence electrons. The van der Waals surface area contributed by atoms with Gasteiger partial charge in [-0.3, -0.25) is 0 Å². The highest BCUT2D eigenvalue weighted by molar-refractivity contribution is 5.57. The Kier molecular flexibility index (Phi) is 4.10. The van der Waals surface area contributed by atoms with Gasteiger partial charge in [0.2, 0.25) is 0 Å². The van der Waals surface area contributed by atoms with E-state index in [0.717, 1.165) is 32.2 Å². The summed E-state index contributed by atoms with van der Waals surface area (Å²) < 4.78 is 2.11. The Hall–Kier alpha value is -1.16. The molecule has 0 amide bonds. The number of hydrogen-bond donors (Lipinski definition) is 1. The van der Waals surface area contributed by atoms with Gasteiger partial charge in [0.25, 0.3) is 0 Å². The Morgan fingerprint density at radius 2 is 2.50 bits per heavy atom. The van der Waals surface area contributed by atoms with Crippen molar-refractivity contribution in [1.29, 1.82) is 0 Å². The molecule has 4 nitrogen and oxygen atoms in total. The van der Waals surface area contributed by atoms with Crippen LogP contribution in [0.1, 0.15) is 25.7 Å². The van der Waals surface area contributed by atoms with Gasteiger partial charge in [-0.25, -0.2) is 4.98 Å². The molecular weight excluding hydrogens is 202 g/mol. The normalized spacial score (nSPS) is 26.2. The minimum Gasteiger partial charge on any atom is -0.337 e. The van der Waals surface area contributed by atoms with Crippen LogP contribution in [0.15, 0.2) is 18.7 Å². The van der Waals surface area contributed by atoms with Gasteiger partial charge in [-0.2, -0.15) is 0 Å². The fourth-order valence-electron chi connectivity index (χ4n) is 2.35. The number of hydrogen-bond acceptors (Lipinski definition) is 3. The Morgan fingerprint density at radius 3 is 3.25 bits per heavy atom. The van der Waals surface area contributed by atoms with E-state index in [9.17, 15) is 4.79 Å². The summed E-state index contributed by atoms with van der Waals surface area (Å²) in [6.45, 7) is 1.99. The van der Waals surface area contributed by atoms with Crippen molar-refractivity contribution in [2.45, 2.75) is 38.3 Å². The number of imidazole rings is 1. The standard InChI is InChI=1S/C12H19N3O/c16-9-12-8-11(2-1-4-14-12)3-6-15-7-5-13-10-15/h5,7,9-12,14H,1-4,6,8H2. The van der Waals surface area contributed by atoms with Gasteiger partial charge in [0.05, 0.1) is 12.4 Å². The zero-order valence-electron chi connectivity index (χ0n) is 9.51. The molecule has 0 saturated carbocycles. The number of carbonyl (C=O) groups excluding carboxylic acids is 1. The van der Waals surface area contributed by atoms with E-state index in [1.165, 1.54) is 12.8 Å². The van der Waals surface area contributed by atoms with Gasteiger partial charge in [0, 0.05) is 18.9 Å². The summed E-state index contributed by atoms with van der Waals surface area (Å²) in [7, 11) is 0. The maximum Gasteiger partial charge on any atom is 0.136 e. The quantitative estimate of drug-likeness (QED) is 0.778. The Morgan fingerprint density at radius 1 is 1.56 bits per heavy atom. The molecule has 0 radical (unpaired) electrons. The SMILES string of the molecule is O=CC1CC(CCn2ccnc2)CCCN1. The lowest BCUT2D eigenvalue weighted by Crippen LogP contribution is -2.30. The highest BCUT2D eigenvalue weighted by atomic mass is 16.1. The lowest BCUT2D eigenvalue weighted by molar-refractivity contribution is -0.109. The molecular formula is C12H19N3O. The van der Waals surface area contributed by atoms with E-state index in [2.05, 4.69) is 14.9 Å². The second-order valence-corrected chi connectivity index (χ2v) is 4.53. The molecule has 2 heterocycles. The van der Waals surface area contributed by atoms with Crippen LogP contribution < -0.4 is 5.32 Å². The molecule has 2 unspecified atom stereocenters. The predicted molar refractivity (Wildman–Crippen MR) is 62.0 cm³/mol. The first-order valence-electron chi connectivity index (χ1n) is 6.03. The van der Waals surface area contributed by atoms with Crippen molar-refractivity contribution in [3.63, 3.8) is 0 Å². The van der Waals surface area contributed by atoms with Crippen LogP contribution in [0.3, 0.4) is 0 Å². The third kappa shape index (κ3) is 3.17. The van der Waals surface area contributed by atoms with Gasteiger partial charge in [-0.1, -0.05) is 0 Å².